The third kappa shape index (κ3) is 3.43. The first kappa shape index (κ1) is 18.7. The largest absolute Gasteiger partial charge is 0.508 e. The molecule has 8 heteroatoms. The molecule has 0 bridgehead atoms. The van der Waals surface area contributed by atoms with E-state index < -0.39 is 21.3 Å². The summed E-state index contributed by atoms with van der Waals surface area (Å²) in [5.74, 6) is -0.781. The second-order valence-corrected chi connectivity index (χ2v) is 6.00. The number of nitro groups is 2. The lowest BCUT2D eigenvalue weighted by atomic mass is 9.91. The Morgan fingerprint density at radius 2 is 1.64 bits per heavy atom. The lowest BCUT2D eigenvalue weighted by molar-refractivity contribution is -0.418. The van der Waals surface area contributed by atoms with Crippen molar-refractivity contribution >= 4 is 28.7 Å². The third-order valence-electron chi connectivity index (χ3n) is 4.32. The lowest BCUT2D eigenvalue weighted by Crippen LogP contribution is -2.20. The van der Waals surface area contributed by atoms with Crippen molar-refractivity contribution in [1.82, 2.24) is 0 Å². The molecule has 28 heavy (non-hydrogen) atoms. The third-order valence-corrected chi connectivity index (χ3v) is 4.32. The second-order valence-electron chi connectivity index (χ2n) is 6.00. The van der Waals surface area contributed by atoms with Gasteiger partial charge in [-0.3, -0.25) is 25.0 Å². The fourth-order valence-electron chi connectivity index (χ4n) is 2.90. The van der Waals surface area contributed by atoms with Gasteiger partial charge in [-0.15, -0.1) is 0 Å². The molecule has 2 aromatic rings. The van der Waals surface area contributed by atoms with Crippen LogP contribution >= 0.6 is 0 Å². The van der Waals surface area contributed by atoms with Crippen molar-refractivity contribution in [1.29, 1.82) is 0 Å². The maximum absolute atomic E-state index is 12.5. The number of nitro benzene ring substituents is 1. The van der Waals surface area contributed by atoms with Gasteiger partial charge < -0.3 is 5.11 Å². The Balaban J connectivity index is 2.32. The molecule has 0 radical (unpaired) electrons. The van der Waals surface area contributed by atoms with Gasteiger partial charge in [-0.25, -0.2) is 0 Å². The monoisotopic (exact) mass is 378 g/mol. The summed E-state index contributed by atoms with van der Waals surface area (Å²) in [6.07, 6.45) is 4.16. The number of aromatic hydroxyl groups is 1. The first-order chi connectivity index (χ1) is 13.3. The summed E-state index contributed by atoms with van der Waals surface area (Å²) in [6.45, 7) is 1.67. The quantitative estimate of drug-likeness (QED) is 0.644. The molecule has 1 aliphatic carbocycles. The molecule has 0 atom stereocenters. The van der Waals surface area contributed by atoms with E-state index in [1.165, 1.54) is 36.4 Å². The van der Waals surface area contributed by atoms with Gasteiger partial charge in [0.15, 0.2) is 0 Å². The van der Waals surface area contributed by atoms with Gasteiger partial charge in [0.05, 0.1) is 9.85 Å². The van der Waals surface area contributed by atoms with Crippen molar-refractivity contribution in [3.05, 3.63) is 96.5 Å². The number of nitrogens with zero attached hydrogens (tertiary/aromatic N) is 2. The van der Waals surface area contributed by atoms with Crippen molar-refractivity contribution < 1.29 is 19.7 Å². The van der Waals surface area contributed by atoms with Gasteiger partial charge in [0.2, 0.25) is 0 Å². The van der Waals surface area contributed by atoms with E-state index in [-0.39, 0.29) is 17.0 Å². The molecule has 0 aromatic heterocycles. The Hall–Kier alpha value is -4.07. The van der Waals surface area contributed by atoms with Gasteiger partial charge in [-0.05, 0) is 47.6 Å². The predicted octanol–water partition coefficient (Wildman–Crippen LogP) is 2.08. The highest BCUT2D eigenvalue weighted by Crippen LogP contribution is 2.28. The van der Waals surface area contributed by atoms with Gasteiger partial charge in [0.25, 0.3) is 11.5 Å². The summed E-state index contributed by atoms with van der Waals surface area (Å²) >= 11 is 0. The number of non-ortho nitro benzene ring substituents is 1. The lowest BCUT2D eigenvalue weighted by Gasteiger charge is -2.11. The van der Waals surface area contributed by atoms with E-state index >= 15 is 0 Å². The number of Topliss-reactive ketones (excluding diaryl/α,β-unsaturated/α-hetero) is 1. The normalized spacial score (nSPS) is 16.5. The summed E-state index contributed by atoms with van der Waals surface area (Å²) in [5, 5.41) is 32.9. The number of phenolic OH excluding ortho intramolecular Hbond substituents is 1. The minimum atomic E-state index is -0.779. The standard InChI is InChI=1S/C20H14N2O6/c1-2-12-3-4-14(10-18(12)21(25)26)15-9-17(13-5-7-16(23)8-6-13)20(24)19(11-15)22(27)28/h2-11,23H,1H3/b12-2?,15-14+. The average molecular weight is 378 g/mol. The van der Waals surface area contributed by atoms with Gasteiger partial charge in [0, 0.05) is 22.9 Å². The molecule has 8 nitrogen and oxygen atoms in total. The smallest absolute Gasteiger partial charge is 0.317 e. The van der Waals surface area contributed by atoms with Crippen LogP contribution in [-0.2, 0) is 4.79 Å². The second kappa shape index (κ2) is 7.28. The minimum absolute atomic E-state index is 0.0103. The molecular formula is C20H14N2O6. The van der Waals surface area contributed by atoms with Crippen LogP contribution in [0.4, 0.5) is 5.69 Å². The summed E-state index contributed by atoms with van der Waals surface area (Å²) in [6, 6.07) is 10.1. The first-order valence-electron chi connectivity index (χ1n) is 8.19. The van der Waals surface area contributed by atoms with Crippen molar-refractivity contribution in [2.45, 2.75) is 6.92 Å². The highest BCUT2D eigenvalue weighted by Gasteiger charge is 2.30. The van der Waals surface area contributed by atoms with Crippen LogP contribution in [0, 0.1) is 20.2 Å². The topological polar surface area (TPSA) is 124 Å². The van der Waals surface area contributed by atoms with Gasteiger partial charge in [-0.2, -0.15) is 0 Å². The maximum Gasteiger partial charge on any atom is 0.317 e. The molecule has 0 fully saturated rings. The van der Waals surface area contributed by atoms with E-state index in [1.54, 1.807) is 25.1 Å². The Morgan fingerprint density at radius 3 is 2.21 bits per heavy atom. The molecule has 0 saturated heterocycles. The summed E-state index contributed by atoms with van der Waals surface area (Å²) < 4.78 is 0. The SMILES string of the molecule is CC=c1cc/c(=C2/C=C(c3ccc(O)cc3)C(=O)C([N+](=O)[O-])=C2)cc1[N+](=O)[O-]. The zero-order valence-corrected chi connectivity index (χ0v) is 14.7. The molecule has 0 heterocycles. The van der Waals surface area contributed by atoms with Gasteiger partial charge in [0.1, 0.15) is 5.75 Å². The molecule has 140 valence electrons. The molecule has 2 aromatic carbocycles. The minimum Gasteiger partial charge on any atom is -0.508 e. The molecule has 0 amide bonds. The Labute approximate surface area is 158 Å². The highest BCUT2D eigenvalue weighted by molar-refractivity contribution is 6.31. The number of phenols is 1. The summed E-state index contributed by atoms with van der Waals surface area (Å²) in [7, 11) is 0. The molecule has 3 rings (SSSR count). The average Bonchev–Trinajstić information content (AvgIpc) is 2.68. The van der Waals surface area contributed by atoms with Crippen LogP contribution in [0.2, 0.25) is 0 Å². The summed E-state index contributed by atoms with van der Waals surface area (Å²) in [4.78, 5) is 33.9. The van der Waals surface area contributed by atoms with Crippen molar-refractivity contribution in [3.63, 3.8) is 0 Å². The van der Waals surface area contributed by atoms with Crippen LogP contribution in [0.15, 0.2) is 60.3 Å². The van der Waals surface area contributed by atoms with Crippen LogP contribution in [-0.4, -0.2) is 20.7 Å². The van der Waals surface area contributed by atoms with E-state index in [0.717, 1.165) is 6.08 Å². The number of carbonyl (C=O) groups excluding carboxylic acids is 1. The van der Waals surface area contributed by atoms with Crippen LogP contribution in [0.25, 0.3) is 17.2 Å². The maximum atomic E-state index is 12.5. The molecule has 1 N–H and O–H groups in total. The Bertz CT molecular complexity index is 1190. The molecule has 0 aliphatic heterocycles. The predicted molar refractivity (Wildman–Crippen MR) is 102 cm³/mol. The van der Waals surface area contributed by atoms with Crippen molar-refractivity contribution in [2.75, 3.05) is 0 Å². The molecule has 1 aliphatic rings. The zero-order chi connectivity index (χ0) is 20.4. The first-order valence-corrected chi connectivity index (χ1v) is 8.19. The van der Waals surface area contributed by atoms with E-state index in [2.05, 4.69) is 0 Å². The van der Waals surface area contributed by atoms with Crippen LogP contribution in [0.5, 0.6) is 5.75 Å². The van der Waals surface area contributed by atoms with E-state index in [0.29, 0.717) is 21.6 Å². The number of hydrogen-bond acceptors (Lipinski definition) is 6. The number of ketones is 1. The fourth-order valence-corrected chi connectivity index (χ4v) is 2.90. The van der Waals surface area contributed by atoms with Gasteiger partial charge >= 0.3 is 5.70 Å². The zero-order valence-electron chi connectivity index (χ0n) is 14.7. The van der Waals surface area contributed by atoms with Crippen LogP contribution in [0.1, 0.15) is 12.5 Å². The number of allylic oxidation sites excluding steroid dienone is 3. The van der Waals surface area contributed by atoms with Crippen molar-refractivity contribution in [2.24, 2.45) is 0 Å². The van der Waals surface area contributed by atoms with Crippen molar-refractivity contribution in [3.8, 4) is 5.75 Å². The van der Waals surface area contributed by atoms with Gasteiger partial charge in [-0.1, -0.05) is 24.3 Å². The Kier molecular flexibility index (Phi) is 4.86. The van der Waals surface area contributed by atoms with E-state index in [4.69, 9.17) is 0 Å². The molecule has 0 spiro atoms. The fraction of sp³-hybridized carbons (Fsp3) is 0.0500. The van der Waals surface area contributed by atoms with Crippen LogP contribution in [0.3, 0.4) is 0 Å². The number of benzene rings is 2. The number of carbonyl (C=O) groups is 1. The van der Waals surface area contributed by atoms with Crippen LogP contribution < -0.4 is 10.4 Å². The number of rotatable bonds is 3. The molecule has 0 unspecified atom stereocenters. The van der Waals surface area contributed by atoms with E-state index in [9.17, 15) is 30.1 Å². The van der Waals surface area contributed by atoms with E-state index in [1.807, 2.05) is 0 Å². The molecular weight excluding hydrogens is 364 g/mol. The highest BCUT2D eigenvalue weighted by atomic mass is 16.6. The Morgan fingerprint density at radius 1 is 0.964 bits per heavy atom. The summed E-state index contributed by atoms with van der Waals surface area (Å²) in [5.41, 5.74) is -0.00623. The molecule has 0 saturated carbocycles. The number of hydrogen-bond donors (Lipinski definition) is 1.